The number of hydrogen-bond acceptors (Lipinski definition) is 6. The van der Waals surface area contributed by atoms with E-state index >= 15 is 0 Å². The van der Waals surface area contributed by atoms with Crippen molar-refractivity contribution in [1.29, 1.82) is 0 Å². The van der Waals surface area contributed by atoms with Crippen LogP contribution in [0.3, 0.4) is 0 Å². The number of nitrogens with one attached hydrogen (secondary N) is 1. The number of nitrogens with zero attached hydrogens (tertiary/aromatic N) is 4. The molecule has 2 aromatic heterocycles. The van der Waals surface area contributed by atoms with Gasteiger partial charge < -0.3 is 0 Å². The number of thiazole rings is 1. The van der Waals surface area contributed by atoms with E-state index in [2.05, 4.69) is 41.4 Å². The molecule has 0 saturated heterocycles. The summed E-state index contributed by atoms with van der Waals surface area (Å²) in [5.74, 6) is 0. The fourth-order valence-corrected chi connectivity index (χ4v) is 3.26. The van der Waals surface area contributed by atoms with Crippen LogP contribution in [0, 0.1) is 0 Å². The van der Waals surface area contributed by atoms with Crippen LogP contribution in [0.1, 0.15) is 12.5 Å². The summed E-state index contributed by atoms with van der Waals surface area (Å²) in [5, 5.41) is 5.08. The molecule has 0 bridgehead atoms. The van der Waals surface area contributed by atoms with Crippen molar-refractivity contribution in [1.82, 2.24) is 15.0 Å². The molecule has 1 N–H and O–H groups in total. The van der Waals surface area contributed by atoms with Crippen LogP contribution in [0.5, 0.6) is 0 Å². The lowest BCUT2D eigenvalue weighted by Crippen LogP contribution is -1.99. The minimum atomic E-state index is 0.637. The fourth-order valence-electron chi connectivity index (χ4n) is 2.26. The number of aromatic nitrogens is 3. The average molecular weight is 398 g/mol. The molecular formula is C17H12BrN5S. The summed E-state index contributed by atoms with van der Waals surface area (Å²) in [5.41, 5.74) is 7.29. The maximum Gasteiger partial charge on any atom is 0.207 e. The van der Waals surface area contributed by atoms with Crippen molar-refractivity contribution < 1.29 is 0 Å². The van der Waals surface area contributed by atoms with Crippen LogP contribution in [0.4, 0.5) is 5.13 Å². The zero-order valence-corrected chi connectivity index (χ0v) is 15.1. The standard InChI is InChI=1S/C17H12BrN5S/c1-10(11-6-8-12(18)9-7-11)22-23-17-21-15-16(24-17)20-14-5-3-2-4-13(14)19-15/h2-9H,1H3,(H,19,21,23)/b22-10+. The van der Waals surface area contributed by atoms with E-state index in [0.717, 1.165) is 31.6 Å². The van der Waals surface area contributed by atoms with E-state index < -0.39 is 0 Å². The molecule has 24 heavy (non-hydrogen) atoms. The Morgan fingerprint density at radius 3 is 2.46 bits per heavy atom. The van der Waals surface area contributed by atoms with E-state index in [1.54, 1.807) is 0 Å². The van der Waals surface area contributed by atoms with Gasteiger partial charge >= 0.3 is 0 Å². The molecule has 7 heteroatoms. The van der Waals surface area contributed by atoms with Crippen LogP contribution in [0.25, 0.3) is 21.5 Å². The van der Waals surface area contributed by atoms with Gasteiger partial charge in [-0.05, 0) is 36.8 Å². The molecule has 0 spiro atoms. The first kappa shape index (κ1) is 15.2. The Morgan fingerprint density at radius 1 is 1.00 bits per heavy atom. The summed E-state index contributed by atoms with van der Waals surface area (Å²) in [6, 6.07) is 15.8. The highest BCUT2D eigenvalue weighted by Gasteiger charge is 2.08. The summed E-state index contributed by atoms with van der Waals surface area (Å²) >= 11 is 4.87. The highest BCUT2D eigenvalue weighted by Crippen LogP contribution is 2.25. The number of fused-ring (bicyclic) bond motifs is 2. The van der Waals surface area contributed by atoms with Crippen LogP contribution >= 0.6 is 27.3 Å². The summed E-state index contributed by atoms with van der Waals surface area (Å²) < 4.78 is 1.04. The Labute approximate surface area is 150 Å². The predicted molar refractivity (Wildman–Crippen MR) is 103 cm³/mol. The van der Waals surface area contributed by atoms with Gasteiger partial charge in [-0.1, -0.05) is 51.5 Å². The largest absolute Gasteiger partial charge is 0.252 e. The molecule has 118 valence electrons. The summed E-state index contributed by atoms with van der Waals surface area (Å²) in [6.45, 7) is 1.95. The molecule has 0 amide bonds. The topological polar surface area (TPSA) is 63.1 Å². The Morgan fingerprint density at radius 2 is 1.71 bits per heavy atom. The van der Waals surface area contributed by atoms with Crippen LogP contribution in [0.15, 0.2) is 58.1 Å². The summed E-state index contributed by atoms with van der Waals surface area (Å²) in [7, 11) is 0. The number of hydrogen-bond donors (Lipinski definition) is 1. The van der Waals surface area contributed by atoms with Gasteiger partial charge in [-0.15, -0.1) is 0 Å². The first-order chi connectivity index (χ1) is 11.7. The average Bonchev–Trinajstić information content (AvgIpc) is 3.00. The first-order valence-electron chi connectivity index (χ1n) is 7.28. The predicted octanol–water partition coefficient (Wildman–Crippen LogP) is 4.84. The Balaban J connectivity index is 1.63. The monoisotopic (exact) mass is 397 g/mol. The van der Waals surface area contributed by atoms with Crippen LogP contribution in [-0.4, -0.2) is 20.7 Å². The molecule has 0 aliphatic heterocycles. The fraction of sp³-hybridized carbons (Fsp3) is 0.0588. The smallest absolute Gasteiger partial charge is 0.207 e. The van der Waals surface area contributed by atoms with Gasteiger partial charge in [0.25, 0.3) is 0 Å². The lowest BCUT2D eigenvalue weighted by atomic mass is 10.1. The van der Waals surface area contributed by atoms with Crippen molar-refractivity contribution in [2.24, 2.45) is 5.10 Å². The van der Waals surface area contributed by atoms with Gasteiger partial charge in [-0.2, -0.15) is 10.1 Å². The Kier molecular flexibility index (Phi) is 3.95. The van der Waals surface area contributed by atoms with E-state index in [4.69, 9.17) is 0 Å². The third kappa shape index (κ3) is 3.00. The highest BCUT2D eigenvalue weighted by atomic mass is 79.9. The SMILES string of the molecule is C/C(=N\Nc1nc2nc3ccccc3nc2s1)c1ccc(Br)cc1. The molecule has 4 rings (SSSR count). The summed E-state index contributed by atoms with van der Waals surface area (Å²) in [6.07, 6.45) is 0. The van der Waals surface area contributed by atoms with Crippen molar-refractivity contribution in [3.63, 3.8) is 0 Å². The molecule has 4 aromatic rings. The molecule has 0 atom stereocenters. The van der Waals surface area contributed by atoms with E-state index in [0.29, 0.717) is 10.8 Å². The second kappa shape index (κ2) is 6.26. The van der Waals surface area contributed by atoms with E-state index in [1.807, 2.05) is 55.5 Å². The minimum absolute atomic E-state index is 0.637. The van der Waals surface area contributed by atoms with Crippen molar-refractivity contribution >= 4 is 59.6 Å². The zero-order valence-electron chi connectivity index (χ0n) is 12.7. The molecule has 0 saturated carbocycles. The molecule has 0 fully saturated rings. The van der Waals surface area contributed by atoms with E-state index in [1.165, 1.54) is 11.3 Å². The van der Waals surface area contributed by atoms with E-state index in [-0.39, 0.29) is 0 Å². The van der Waals surface area contributed by atoms with Crippen LogP contribution in [0.2, 0.25) is 0 Å². The zero-order chi connectivity index (χ0) is 16.5. The van der Waals surface area contributed by atoms with Crippen molar-refractivity contribution in [3.8, 4) is 0 Å². The van der Waals surface area contributed by atoms with Gasteiger partial charge in [0.05, 0.1) is 16.7 Å². The number of para-hydroxylation sites is 2. The second-order valence-corrected chi connectivity index (χ2v) is 7.07. The maximum atomic E-state index is 4.59. The maximum absolute atomic E-state index is 4.59. The van der Waals surface area contributed by atoms with Crippen molar-refractivity contribution in [2.75, 3.05) is 5.43 Å². The van der Waals surface area contributed by atoms with Crippen molar-refractivity contribution in [3.05, 3.63) is 58.6 Å². The van der Waals surface area contributed by atoms with Gasteiger partial charge in [0.2, 0.25) is 5.13 Å². The molecule has 0 aliphatic rings. The Bertz CT molecular complexity index is 1000. The minimum Gasteiger partial charge on any atom is -0.252 e. The third-order valence-electron chi connectivity index (χ3n) is 3.50. The lowest BCUT2D eigenvalue weighted by Gasteiger charge is -2.01. The molecule has 2 aromatic carbocycles. The highest BCUT2D eigenvalue weighted by molar-refractivity contribution is 9.10. The van der Waals surface area contributed by atoms with Crippen molar-refractivity contribution in [2.45, 2.75) is 6.92 Å². The number of hydrazone groups is 1. The van der Waals surface area contributed by atoms with Gasteiger partial charge in [0, 0.05) is 4.47 Å². The Hall–Kier alpha value is -2.38. The number of halogens is 1. The molecule has 0 aliphatic carbocycles. The number of anilines is 1. The number of rotatable bonds is 3. The van der Waals surface area contributed by atoms with Gasteiger partial charge in [-0.25, -0.2) is 9.97 Å². The number of benzene rings is 2. The van der Waals surface area contributed by atoms with Crippen LogP contribution < -0.4 is 5.43 Å². The third-order valence-corrected chi connectivity index (χ3v) is 4.88. The molecule has 0 unspecified atom stereocenters. The van der Waals surface area contributed by atoms with Gasteiger partial charge in [-0.3, -0.25) is 5.43 Å². The molecule has 2 heterocycles. The molecular weight excluding hydrogens is 386 g/mol. The lowest BCUT2D eigenvalue weighted by molar-refractivity contribution is 1.26. The quantitative estimate of drug-likeness (QED) is 0.396. The first-order valence-corrected chi connectivity index (χ1v) is 8.89. The summed E-state index contributed by atoms with van der Waals surface area (Å²) in [4.78, 5) is 14.4. The van der Waals surface area contributed by atoms with Gasteiger partial charge in [0.15, 0.2) is 10.5 Å². The second-order valence-electron chi connectivity index (χ2n) is 5.18. The van der Waals surface area contributed by atoms with E-state index in [9.17, 15) is 0 Å². The normalized spacial score (nSPS) is 12.0. The molecule has 5 nitrogen and oxygen atoms in total. The van der Waals surface area contributed by atoms with Crippen LogP contribution in [-0.2, 0) is 0 Å². The molecule has 0 radical (unpaired) electrons. The van der Waals surface area contributed by atoms with Gasteiger partial charge in [0.1, 0.15) is 0 Å².